The number of aryl methyl sites for hydroxylation is 1. The van der Waals surface area contributed by atoms with Gasteiger partial charge in [-0.15, -0.1) is 11.3 Å². The monoisotopic (exact) mass is 278 g/mol. The number of rotatable bonds is 2. The van der Waals surface area contributed by atoms with Gasteiger partial charge in [0.05, 0.1) is 4.88 Å². The van der Waals surface area contributed by atoms with E-state index in [4.69, 9.17) is 0 Å². The lowest BCUT2D eigenvalue weighted by Crippen LogP contribution is -2.42. The Labute approximate surface area is 116 Å². The summed E-state index contributed by atoms with van der Waals surface area (Å²) < 4.78 is 0. The molecular weight excluding hydrogens is 260 g/mol. The first-order valence-corrected chi connectivity index (χ1v) is 7.67. The van der Waals surface area contributed by atoms with Crippen molar-refractivity contribution < 1.29 is 9.59 Å². The van der Waals surface area contributed by atoms with Gasteiger partial charge in [-0.2, -0.15) is 0 Å². The summed E-state index contributed by atoms with van der Waals surface area (Å²) >= 11 is 1.56. The average molecular weight is 278 g/mol. The third-order valence-electron chi connectivity index (χ3n) is 3.80. The second kappa shape index (κ2) is 4.96. The van der Waals surface area contributed by atoms with Crippen molar-refractivity contribution in [3.63, 3.8) is 0 Å². The summed E-state index contributed by atoms with van der Waals surface area (Å²) in [4.78, 5) is 25.5. The van der Waals surface area contributed by atoms with Crippen LogP contribution in [0.5, 0.6) is 0 Å². The van der Waals surface area contributed by atoms with Crippen LogP contribution in [0.15, 0.2) is 6.07 Å². The molecule has 3 rings (SSSR count). The summed E-state index contributed by atoms with van der Waals surface area (Å²) in [6.07, 6.45) is 5.21. The zero-order chi connectivity index (χ0) is 13.4. The van der Waals surface area contributed by atoms with Gasteiger partial charge in [0.15, 0.2) is 0 Å². The minimum absolute atomic E-state index is 0.0664. The lowest BCUT2D eigenvalue weighted by Gasteiger charge is -2.16. The van der Waals surface area contributed by atoms with Gasteiger partial charge in [0.25, 0.3) is 5.91 Å². The Bertz CT molecular complexity index is 520. The molecule has 19 heavy (non-hydrogen) atoms. The van der Waals surface area contributed by atoms with Crippen LogP contribution in [-0.4, -0.2) is 11.8 Å². The van der Waals surface area contributed by atoms with Crippen molar-refractivity contribution in [1.29, 1.82) is 0 Å². The number of amides is 2. The SMILES string of the molecule is C[C@H]1CCc2sc(C(=O)NNC(=O)C3CC3)cc2C1. The largest absolute Gasteiger partial charge is 0.279 e. The molecule has 0 aliphatic heterocycles. The zero-order valence-electron chi connectivity index (χ0n) is 11.0. The number of thiophene rings is 1. The van der Waals surface area contributed by atoms with Crippen LogP contribution in [-0.2, 0) is 17.6 Å². The standard InChI is InChI=1S/C14H18N2O2S/c1-8-2-5-11-10(6-8)7-12(19-11)14(18)16-15-13(17)9-3-4-9/h7-9H,2-6H2,1H3,(H,15,17)(H,16,18)/t8-/m0/s1. The number of hydrazine groups is 1. The normalized spacial score (nSPS) is 21.6. The smallest absolute Gasteiger partial charge is 0.273 e. The fourth-order valence-electron chi connectivity index (χ4n) is 2.45. The molecule has 1 aromatic heterocycles. The molecule has 0 unspecified atom stereocenters. The highest BCUT2D eigenvalue weighted by Gasteiger charge is 2.30. The van der Waals surface area contributed by atoms with E-state index in [0.717, 1.165) is 25.7 Å². The molecule has 1 fully saturated rings. The zero-order valence-corrected chi connectivity index (χ0v) is 11.8. The van der Waals surface area contributed by atoms with E-state index in [0.29, 0.717) is 10.8 Å². The maximum Gasteiger partial charge on any atom is 0.279 e. The second-order valence-electron chi connectivity index (χ2n) is 5.62. The van der Waals surface area contributed by atoms with Crippen LogP contribution in [0.2, 0.25) is 0 Å². The van der Waals surface area contributed by atoms with E-state index >= 15 is 0 Å². The van der Waals surface area contributed by atoms with Gasteiger partial charge in [-0.05, 0) is 49.7 Å². The summed E-state index contributed by atoms with van der Waals surface area (Å²) in [7, 11) is 0. The van der Waals surface area contributed by atoms with E-state index in [2.05, 4.69) is 17.8 Å². The van der Waals surface area contributed by atoms with Crippen LogP contribution in [0.4, 0.5) is 0 Å². The molecule has 1 saturated carbocycles. The van der Waals surface area contributed by atoms with Crippen LogP contribution in [0.25, 0.3) is 0 Å². The summed E-state index contributed by atoms with van der Waals surface area (Å²) in [5.41, 5.74) is 6.32. The Balaban J connectivity index is 1.61. The van der Waals surface area contributed by atoms with Crippen LogP contribution in [0, 0.1) is 11.8 Å². The van der Waals surface area contributed by atoms with Gasteiger partial charge in [0.1, 0.15) is 0 Å². The lowest BCUT2D eigenvalue weighted by atomic mass is 9.90. The van der Waals surface area contributed by atoms with Crippen molar-refractivity contribution in [2.24, 2.45) is 11.8 Å². The van der Waals surface area contributed by atoms with Crippen LogP contribution < -0.4 is 10.9 Å². The maximum atomic E-state index is 12.0. The summed E-state index contributed by atoms with van der Waals surface area (Å²) in [6.45, 7) is 2.25. The van der Waals surface area contributed by atoms with Gasteiger partial charge < -0.3 is 0 Å². The Hall–Kier alpha value is -1.36. The van der Waals surface area contributed by atoms with E-state index < -0.39 is 0 Å². The lowest BCUT2D eigenvalue weighted by molar-refractivity contribution is -0.123. The van der Waals surface area contributed by atoms with Gasteiger partial charge in [-0.3, -0.25) is 20.4 Å². The van der Waals surface area contributed by atoms with Crippen LogP contribution in [0.3, 0.4) is 0 Å². The number of hydrogen-bond donors (Lipinski definition) is 2. The summed E-state index contributed by atoms with van der Waals surface area (Å²) in [6, 6.07) is 1.98. The van der Waals surface area contributed by atoms with Crippen molar-refractivity contribution in [3.8, 4) is 0 Å². The Morgan fingerprint density at radius 2 is 2.05 bits per heavy atom. The predicted molar refractivity (Wildman–Crippen MR) is 73.8 cm³/mol. The molecule has 1 heterocycles. The van der Waals surface area contributed by atoms with Gasteiger partial charge >= 0.3 is 0 Å². The van der Waals surface area contributed by atoms with Crippen LogP contribution >= 0.6 is 11.3 Å². The molecule has 0 aromatic carbocycles. The number of carbonyl (C=O) groups is 2. The molecule has 2 aliphatic rings. The van der Waals surface area contributed by atoms with E-state index in [9.17, 15) is 9.59 Å². The highest BCUT2D eigenvalue weighted by Crippen LogP contribution is 2.32. The molecule has 1 aromatic rings. The molecule has 4 nitrogen and oxygen atoms in total. The highest BCUT2D eigenvalue weighted by molar-refractivity contribution is 7.14. The summed E-state index contributed by atoms with van der Waals surface area (Å²) in [5, 5.41) is 0. The molecule has 0 bridgehead atoms. The average Bonchev–Trinajstić information content (AvgIpc) is 3.15. The van der Waals surface area contributed by atoms with Crippen molar-refractivity contribution in [3.05, 3.63) is 21.4 Å². The highest BCUT2D eigenvalue weighted by atomic mass is 32.1. The van der Waals surface area contributed by atoms with Gasteiger partial charge in [0.2, 0.25) is 5.91 Å². The first-order chi connectivity index (χ1) is 9.13. The third-order valence-corrected chi connectivity index (χ3v) is 5.04. The molecule has 0 radical (unpaired) electrons. The third kappa shape index (κ3) is 2.81. The van der Waals surface area contributed by atoms with Gasteiger partial charge in [-0.25, -0.2) is 0 Å². The Morgan fingerprint density at radius 3 is 2.79 bits per heavy atom. The maximum absolute atomic E-state index is 12.0. The number of fused-ring (bicyclic) bond motifs is 1. The molecule has 0 spiro atoms. The van der Waals surface area contributed by atoms with Crippen molar-refractivity contribution in [1.82, 2.24) is 10.9 Å². The van der Waals surface area contributed by atoms with E-state index in [-0.39, 0.29) is 17.7 Å². The van der Waals surface area contributed by atoms with Gasteiger partial charge in [0, 0.05) is 10.8 Å². The first-order valence-electron chi connectivity index (χ1n) is 6.85. The number of carbonyl (C=O) groups excluding carboxylic acids is 2. The minimum atomic E-state index is -0.193. The van der Waals surface area contributed by atoms with Crippen LogP contribution in [0.1, 0.15) is 46.3 Å². The second-order valence-corrected chi connectivity index (χ2v) is 6.76. The molecule has 102 valence electrons. The van der Waals surface area contributed by atoms with Crippen molar-refractivity contribution >= 4 is 23.2 Å². The molecule has 2 N–H and O–H groups in total. The van der Waals surface area contributed by atoms with E-state index in [1.54, 1.807) is 11.3 Å². The van der Waals surface area contributed by atoms with Gasteiger partial charge in [-0.1, -0.05) is 6.92 Å². The fraction of sp³-hybridized carbons (Fsp3) is 0.571. The molecule has 2 amide bonds. The number of nitrogens with one attached hydrogen (secondary N) is 2. The predicted octanol–water partition coefficient (Wildman–Crippen LogP) is 2.04. The Kier molecular flexibility index (Phi) is 3.31. The molecule has 0 saturated heterocycles. The quantitative estimate of drug-likeness (QED) is 0.813. The molecule has 2 aliphatic carbocycles. The first kappa shape index (κ1) is 12.7. The van der Waals surface area contributed by atoms with Crippen molar-refractivity contribution in [2.75, 3.05) is 0 Å². The van der Waals surface area contributed by atoms with E-state index in [1.165, 1.54) is 16.9 Å². The molecule has 5 heteroatoms. The van der Waals surface area contributed by atoms with Crippen molar-refractivity contribution in [2.45, 2.75) is 39.0 Å². The fourth-order valence-corrected chi connectivity index (χ4v) is 3.55. The minimum Gasteiger partial charge on any atom is -0.273 e. The summed E-state index contributed by atoms with van der Waals surface area (Å²) in [5.74, 6) is 0.551. The number of hydrogen-bond acceptors (Lipinski definition) is 3. The molecular formula is C14H18N2O2S. The Morgan fingerprint density at radius 1 is 1.26 bits per heavy atom. The molecule has 1 atom stereocenters. The van der Waals surface area contributed by atoms with E-state index in [1.807, 2.05) is 6.07 Å². The topological polar surface area (TPSA) is 58.2 Å².